The summed E-state index contributed by atoms with van der Waals surface area (Å²) in [7, 11) is 0. The normalized spacial score (nSPS) is 28.5. The van der Waals surface area contributed by atoms with E-state index in [0.717, 1.165) is 6.42 Å². The molecule has 1 aliphatic rings. The first-order valence-electron chi connectivity index (χ1n) is 7.18. The van der Waals surface area contributed by atoms with Crippen LogP contribution in [0.25, 0.3) is 11.2 Å². The number of hydrogen-bond donors (Lipinski definition) is 4. The summed E-state index contributed by atoms with van der Waals surface area (Å²) in [5.74, 6) is 0.961. The van der Waals surface area contributed by atoms with Crippen LogP contribution in [0.5, 0.6) is 0 Å². The summed E-state index contributed by atoms with van der Waals surface area (Å²) >= 11 is 4.39. The van der Waals surface area contributed by atoms with Crippen molar-refractivity contribution in [2.45, 2.75) is 43.5 Å². The lowest BCUT2D eigenvalue weighted by Crippen LogP contribution is -2.30. The molecule has 22 heavy (non-hydrogen) atoms. The molecule has 4 atom stereocenters. The SMILES string of the molecule is CCCc1nc(N)c2ncn([C@@H]3O[C@H](CO)[C@@H](O)[C@H]3S)c2n1. The van der Waals surface area contributed by atoms with Crippen LogP contribution in [0, 0.1) is 0 Å². The largest absolute Gasteiger partial charge is 0.394 e. The van der Waals surface area contributed by atoms with Crippen molar-refractivity contribution in [3.05, 3.63) is 12.2 Å². The van der Waals surface area contributed by atoms with Crippen molar-refractivity contribution in [3.8, 4) is 0 Å². The van der Waals surface area contributed by atoms with E-state index in [1.165, 1.54) is 0 Å². The van der Waals surface area contributed by atoms with Crippen LogP contribution in [-0.2, 0) is 11.2 Å². The molecule has 1 saturated heterocycles. The zero-order valence-electron chi connectivity index (χ0n) is 12.1. The molecule has 3 rings (SSSR count). The van der Waals surface area contributed by atoms with Gasteiger partial charge in [0, 0.05) is 6.42 Å². The Bertz CT molecular complexity index is 679. The number of anilines is 1. The maximum absolute atomic E-state index is 10.0. The van der Waals surface area contributed by atoms with Gasteiger partial charge in [0.2, 0.25) is 0 Å². The molecule has 2 aromatic heterocycles. The second-order valence-electron chi connectivity index (χ2n) is 5.33. The summed E-state index contributed by atoms with van der Waals surface area (Å²) in [6.45, 7) is 1.76. The van der Waals surface area contributed by atoms with E-state index in [1.54, 1.807) is 10.9 Å². The van der Waals surface area contributed by atoms with Crippen molar-refractivity contribution in [3.63, 3.8) is 0 Å². The zero-order valence-corrected chi connectivity index (χ0v) is 13.0. The van der Waals surface area contributed by atoms with E-state index in [-0.39, 0.29) is 6.61 Å². The van der Waals surface area contributed by atoms with Gasteiger partial charge in [-0.15, -0.1) is 0 Å². The number of fused-ring (bicyclic) bond motifs is 1. The Balaban J connectivity index is 2.04. The lowest BCUT2D eigenvalue weighted by atomic mass is 10.2. The number of aryl methyl sites for hydroxylation is 1. The van der Waals surface area contributed by atoms with Crippen molar-refractivity contribution < 1.29 is 14.9 Å². The number of aliphatic hydroxyl groups is 2. The number of hydrogen-bond acceptors (Lipinski definition) is 8. The number of nitrogens with zero attached hydrogens (tertiary/aromatic N) is 4. The fourth-order valence-corrected chi connectivity index (χ4v) is 3.02. The van der Waals surface area contributed by atoms with Crippen molar-refractivity contribution in [1.82, 2.24) is 19.5 Å². The fraction of sp³-hybridized carbons (Fsp3) is 0.615. The van der Waals surface area contributed by atoms with E-state index in [9.17, 15) is 10.2 Å². The minimum absolute atomic E-state index is 0.278. The lowest BCUT2D eigenvalue weighted by Gasteiger charge is -2.17. The molecule has 3 heterocycles. The summed E-state index contributed by atoms with van der Waals surface area (Å²) in [5, 5.41) is 18.8. The van der Waals surface area contributed by atoms with Gasteiger partial charge >= 0.3 is 0 Å². The third-order valence-corrected chi connectivity index (χ3v) is 4.32. The standard InChI is InChI=1S/C13H19N5O3S/c1-2-3-7-16-11(14)8-12(17-7)18(5-15-8)13-10(22)9(20)6(4-19)21-13/h5-6,9-10,13,19-20,22H,2-4H2,1H3,(H2,14,16,17)/t6-,9-,10-,13-/m1/s1. The summed E-state index contributed by atoms with van der Waals surface area (Å²) in [6, 6.07) is 0. The molecule has 8 nitrogen and oxygen atoms in total. The number of nitrogen functional groups attached to an aromatic ring is 1. The molecule has 0 aliphatic carbocycles. The fourth-order valence-electron chi connectivity index (χ4n) is 2.62. The Morgan fingerprint density at radius 1 is 1.45 bits per heavy atom. The van der Waals surface area contributed by atoms with Gasteiger partial charge in [0.05, 0.1) is 24.3 Å². The zero-order chi connectivity index (χ0) is 15.9. The first-order chi connectivity index (χ1) is 10.6. The van der Waals surface area contributed by atoms with Gasteiger partial charge in [-0.25, -0.2) is 15.0 Å². The number of ether oxygens (including phenoxy) is 1. The molecule has 0 aromatic carbocycles. The molecule has 1 aliphatic heterocycles. The van der Waals surface area contributed by atoms with Crippen LogP contribution in [-0.4, -0.2) is 53.8 Å². The first kappa shape index (κ1) is 15.5. The van der Waals surface area contributed by atoms with Gasteiger partial charge in [-0.1, -0.05) is 6.92 Å². The van der Waals surface area contributed by atoms with Gasteiger partial charge < -0.3 is 20.7 Å². The van der Waals surface area contributed by atoms with Crippen molar-refractivity contribution >= 4 is 29.6 Å². The predicted molar refractivity (Wildman–Crippen MR) is 83.5 cm³/mol. The second kappa shape index (κ2) is 5.99. The van der Waals surface area contributed by atoms with Gasteiger partial charge in [0.15, 0.2) is 17.7 Å². The van der Waals surface area contributed by atoms with Crippen LogP contribution in [0.1, 0.15) is 25.4 Å². The number of imidazole rings is 1. The molecule has 0 bridgehead atoms. The minimum Gasteiger partial charge on any atom is -0.394 e. The van der Waals surface area contributed by atoms with Crippen LogP contribution >= 0.6 is 12.6 Å². The van der Waals surface area contributed by atoms with Crippen LogP contribution in [0.2, 0.25) is 0 Å². The van der Waals surface area contributed by atoms with Crippen molar-refractivity contribution in [2.24, 2.45) is 0 Å². The average molecular weight is 325 g/mol. The molecule has 2 aromatic rings. The Kier molecular flexibility index (Phi) is 4.22. The number of nitrogens with two attached hydrogens (primary N) is 1. The highest BCUT2D eigenvalue weighted by atomic mass is 32.1. The molecular weight excluding hydrogens is 306 g/mol. The minimum atomic E-state index is -0.870. The smallest absolute Gasteiger partial charge is 0.167 e. The third kappa shape index (κ3) is 2.43. The van der Waals surface area contributed by atoms with Crippen molar-refractivity contribution in [1.29, 1.82) is 0 Å². The Morgan fingerprint density at radius 2 is 2.23 bits per heavy atom. The topological polar surface area (TPSA) is 119 Å². The average Bonchev–Trinajstić information content (AvgIpc) is 3.03. The van der Waals surface area contributed by atoms with Crippen LogP contribution < -0.4 is 5.73 Å². The summed E-state index contributed by atoms with van der Waals surface area (Å²) < 4.78 is 7.36. The van der Waals surface area contributed by atoms with E-state index in [0.29, 0.717) is 29.2 Å². The first-order valence-corrected chi connectivity index (χ1v) is 7.69. The molecule has 1 fully saturated rings. The third-order valence-electron chi connectivity index (χ3n) is 3.76. The molecular formula is C13H19N5O3S. The summed E-state index contributed by atoms with van der Waals surface area (Å²) in [6.07, 6.45) is 1.03. The highest BCUT2D eigenvalue weighted by molar-refractivity contribution is 7.81. The van der Waals surface area contributed by atoms with E-state index in [2.05, 4.69) is 27.6 Å². The Morgan fingerprint density at radius 3 is 2.86 bits per heavy atom. The Hall–Kier alpha value is -1.42. The molecule has 4 N–H and O–H groups in total. The highest BCUT2D eigenvalue weighted by Crippen LogP contribution is 2.35. The van der Waals surface area contributed by atoms with Gasteiger partial charge in [-0.05, 0) is 6.42 Å². The van der Waals surface area contributed by atoms with Gasteiger partial charge in [0.25, 0.3) is 0 Å². The molecule has 0 spiro atoms. The Labute approximate surface area is 132 Å². The number of aliphatic hydroxyl groups excluding tert-OH is 2. The molecule has 0 amide bonds. The molecule has 0 radical (unpaired) electrons. The maximum atomic E-state index is 10.0. The van der Waals surface area contributed by atoms with Crippen LogP contribution in [0.15, 0.2) is 6.33 Å². The molecule has 9 heteroatoms. The van der Waals surface area contributed by atoms with E-state index >= 15 is 0 Å². The molecule has 0 unspecified atom stereocenters. The molecule has 0 saturated carbocycles. The van der Waals surface area contributed by atoms with Gasteiger partial charge in [0.1, 0.15) is 17.4 Å². The van der Waals surface area contributed by atoms with E-state index in [4.69, 9.17) is 10.5 Å². The number of aromatic nitrogens is 4. The maximum Gasteiger partial charge on any atom is 0.167 e. The quantitative estimate of drug-likeness (QED) is 0.580. The predicted octanol–water partition coefficient (Wildman–Crippen LogP) is -0.0900. The summed E-state index contributed by atoms with van der Waals surface area (Å²) in [5.41, 5.74) is 6.98. The highest BCUT2D eigenvalue weighted by Gasteiger charge is 2.43. The van der Waals surface area contributed by atoms with Gasteiger partial charge in [-0.2, -0.15) is 12.6 Å². The monoisotopic (exact) mass is 325 g/mol. The number of thiol groups is 1. The van der Waals surface area contributed by atoms with Crippen molar-refractivity contribution in [2.75, 3.05) is 12.3 Å². The summed E-state index contributed by atoms with van der Waals surface area (Å²) in [4.78, 5) is 13.0. The number of rotatable bonds is 4. The van der Waals surface area contributed by atoms with Gasteiger partial charge in [-0.3, -0.25) is 4.57 Å². The van der Waals surface area contributed by atoms with E-state index in [1.807, 2.05) is 6.92 Å². The lowest BCUT2D eigenvalue weighted by molar-refractivity contribution is -0.0430. The van der Waals surface area contributed by atoms with Crippen LogP contribution in [0.4, 0.5) is 5.82 Å². The van der Waals surface area contributed by atoms with Crippen LogP contribution in [0.3, 0.4) is 0 Å². The van der Waals surface area contributed by atoms with E-state index < -0.39 is 23.7 Å². The molecule has 120 valence electrons. The second-order valence-corrected chi connectivity index (χ2v) is 5.92.